The largest absolute Gasteiger partial charge is 0.309 e. The fraction of sp³-hybridized carbons (Fsp3) is 0.0526. The van der Waals surface area contributed by atoms with Gasteiger partial charge in [0.2, 0.25) is 0 Å². The lowest BCUT2D eigenvalue weighted by Crippen LogP contribution is -2.17. The standard InChI is InChI=1S/C57H42N2/c1-57(2)51-27-15-12-25-47(51)48-34-32-44(38-52(48)57)59(53-28-16-13-24-45(53)39-18-6-3-7-19-39)56-37-42(30-33-46(56)40-20-8-4-9-21-40)41-31-35-55-50(36-41)49-26-14-17-29-54(49)58(55)43-22-10-5-11-23-43/h3-38H,1-2H3. The molecule has 10 aromatic rings. The minimum atomic E-state index is -0.148. The fourth-order valence-corrected chi connectivity index (χ4v) is 9.54. The Labute approximate surface area is 345 Å². The number of para-hydroxylation sites is 3. The molecule has 11 rings (SSSR count). The Kier molecular flexibility index (Phi) is 8.20. The molecule has 0 spiro atoms. The number of hydrogen-bond acceptors (Lipinski definition) is 1. The van der Waals surface area contributed by atoms with Crippen molar-refractivity contribution in [1.29, 1.82) is 0 Å². The second-order valence-corrected chi connectivity index (χ2v) is 16.1. The second-order valence-electron chi connectivity index (χ2n) is 16.1. The molecule has 0 N–H and O–H groups in total. The van der Waals surface area contributed by atoms with Crippen molar-refractivity contribution in [2.24, 2.45) is 0 Å². The molecule has 2 nitrogen and oxygen atoms in total. The lowest BCUT2D eigenvalue weighted by molar-refractivity contribution is 0.660. The van der Waals surface area contributed by atoms with E-state index in [1.54, 1.807) is 0 Å². The van der Waals surface area contributed by atoms with Crippen molar-refractivity contribution < 1.29 is 0 Å². The van der Waals surface area contributed by atoms with Crippen LogP contribution in [0, 0.1) is 0 Å². The van der Waals surface area contributed by atoms with Crippen LogP contribution in [0.4, 0.5) is 17.1 Å². The number of benzene rings is 9. The lowest BCUT2D eigenvalue weighted by atomic mass is 9.82. The summed E-state index contributed by atoms with van der Waals surface area (Å²) in [5.41, 5.74) is 19.2. The molecule has 0 bridgehead atoms. The van der Waals surface area contributed by atoms with Crippen molar-refractivity contribution in [1.82, 2.24) is 4.57 Å². The number of fused-ring (bicyclic) bond motifs is 6. The summed E-state index contributed by atoms with van der Waals surface area (Å²) >= 11 is 0. The van der Waals surface area contributed by atoms with Gasteiger partial charge in [0, 0.05) is 38.7 Å². The Morgan fingerprint density at radius 2 is 0.898 bits per heavy atom. The van der Waals surface area contributed by atoms with Gasteiger partial charge in [-0.3, -0.25) is 0 Å². The Morgan fingerprint density at radius 3 is 1.66 bits per heavy atom. The van der Waals surface area contributed by atoms with Crippen LogP contribution in [-0.4, -0.2) is 4.57 Å². The van der Waals surface area contributed by atoms with Crippen molar-refractivity contribution in [3.05, 3.63) is 230 Å². The number of aromatic nitrogens is 1. The summed E-state index contributed by atoms with van der Waals surface area (Å²) in [7, 11) is 0. The first kappa shape index (κ1) is 34.8. The highest BCUT2D eigenvalue weighted by Gasteiger charge is 2.36. The van der Waals surface area contributed by atoms with Crippen LogP contribution in [0.15, 0.2) is 218 Å². The molecular weight excluding hydrogens is 713 g/mol. The van der Waals surface area contributed by atoms with Gasteiger partial charge in [-0.05, 0) is 99.1 Å². The maximum atomic E-state index is 2.51. The molecule has 0 radical (unpaired) electrons. The van der Waals surface area contributed by atoms with Crippen LogP contribution in [0.2, 0.25) is 0 Å². The summed E-state index contributed by atoms with van der Waals surface area (Å²) in [5.74, 6) is 0. The summed E-state index contributed by atoms with van der Waals surface area (Å²) in [6.45, 7) is 4.73. The van der Waals surface area contributed by atoms with Crippen LogP contribution >= 0.6 is 0 Å². The third-order valence-electron chi connectivity index (χ3n) is 12.4. The Balaban J connectivity index is 1.17. The van der Waals surface area contributed by atoms with Crippen LogP contribution < -0.4 is 4.90 Å². The van der Waals surface area contributed by atoms with Gasteiger partial charge in [0.05, 0.1) is 22.4 Å². The molecule has 0 unspecified atom stereocenters. The molecule has 0 saturated carbocycles. The third-order valence-corrected chi connectivity index (χ3v) is 12.4. The monoisotopic (exact) mass is 754 g/mol. The van der Waals surface area contributed by atoms with E-state index in [1.807, 2.05) is 0 Å². The molecule has 1 heterocycles. The molecule has 59 heavy (non-hydrogen) atoms. The molecule has 0 atom stereocenters. The Morgan fingerprint density at radius 1 is 0.356 bits per heavy atom. The van der Waals surface area contributed by atoms with Gasteiger partial charge in [-0.15, -0.1) is 0 Å². The first-order valence-electron chi connectivity index (χ1n) is 20.5. The smallest absolute Gasteiger partial charge is 0.0546 e. The minimum Gasteiger partial charge on any atom is -0.309 e. The summed E-state index contributed by atoms with van der Waals surface area (Å²) in [6, 6.07) is 80.0. The highest BCUT2D eigenvalue weighted by molar-refractivity contribution is 6.10. The first-order valence-corrected chi connectivity index (χ1v) is 20.5. The molecule has 0 amide bonds. The van der Waals surface area contributed by atoms with Crippen molar-refractivity contribution >= 4 is 38.9 Å². The summed E-state index contributed by atoms with van der Waals surface area (Å²) in [5, 5.41) is 2.48. The topological polar surface area (TPSA) is 8.17 Å². The quantitative estimate of drug-likeness (QED) is 0.157. The molecule has 1 aromatic heterocycles. The van der Waals surface area contributed by atoms with E-state index in [4.69, 9.17) is 0 Å². The van der Waals surface area contributed by atoms with E-state index in [0.29, 0.717) is 0 Å². The van der Waals surface area contributed by atoms with Gasteiger partial charge in [0.15, 0.2) is 0 Å². The second kappa shape index (κ2) is 13.9. The highest BCUT2D eigenvalue weighted by Crippen LogP contribution is 2.52. The normalized spacial score (nSPS) is 12.7. The van der Waals surface area contributed by atoms with Gasteiger partial charge in [0.25, 0.3) is 0 Å². The molecule has 9 aromatic carbocycles. The maximum absolute atomic E-state index is 2.51. The van der Waals surface area contributed by atoms with Crippen molar-refractivity contribution in [2.45, 2.75) is 19.3 Å². The predicted octanol–water partition coefficient (Wildman–Crippen LogP) is 15.6. The number of nitrogens with zero attached hydrogens (tertiary/aromatic N) is 2. The minimum absolute atomic E-state index is 0.148. The third kappa shape index (κ3) is 5.71. The fourth-order valence-electron chi connectivity index (χ4n) is 9.54. The maximum Gasteiger partial charge on any atom is 0.0546 e. The van der Waals surface area contributed by atoms with Crippen LogP contribution in [0.1, 0.15) is 25.0 Å². The summed E-state index contributed by atoms with van der Waals surface area (Å²) in [6.07, 6.45) is 0. The van der Waals surface area contributed by atoms with E-state index < -0.39 is 0 Å². The van der Waals surface area contributed by atoms with Gasteiger partial charge in [-0.1, -0.05) is 178 Å². The number of anilines is 3. The average molecular weight is 755 g/mol. The Hall–Kier alpha value is -7.42. The average Bonchev–Trinajstić information content (AvgIpc) is 3.75. The predicted molar refractivity (Wildman–Crippen MR) is 249 cm³/mol. The summed E-state index contributed by atoms with van der Waals surface area (Å²) < 4.78 is 2.38. The van der Waals surface area contributed by atoms with E-state index in [1.165, 1.54) is 71.9 Å². The molecule has 1 aliphatic carbocycles. The van der Waals surface area contributed by atoms with E-state index in [0.717, 1.165) is 28.3 Å². The van der Waals surface area contributed by atoms with Gasteiger partial charge >= 0.3 is 0 Å². The van der Waals surface area contributed by atoms with Crippen LogP contribution in [0.3, 0.4) is 0 Å². The molecule has 280 valence electrons. The highest BCUT2D eigenvalue weighted by atomic mass is 15.1. The molecular formula is C57H42N2. The zero-order valence-electron chi connectivity index (χ0n) is 33.2. The van der Waals surface area contributed by atoms with Gasteiger partial charge in [-0.2, -0.15) is 0 Å². The lowest BCUT2D eigenvalue weighted by Gasteiger charge is -2.32. The first-order chi connectivity index (χ1) is 29.0. The molecule has 2 heteroatoms. The van der Waals surface area contributed by atoms with Crippen molar-refractivity contribution in [2.75, 3.05) is 4.90 Å². The molecule has 0 saturated heterocycles. The zero-order chi connectivity index (χ0) is 39.5. The van der Waals surface area contributed by atoms with Crippen molar-refractivity contribution in [3.63, 3.8) is 0 Å². The van der Waals surface area contributed by atoms with E-state index in [-0.39, 0.29) is 5.41 Å². The molecule has 1 aliphatic rings. The number of hydrogen-bond donors (Lipinski definition) is 0. The van der Waals surface area contributed by atoms with Crippen LogP contribution in [0.25, 0.3) is 72.0 Å². The van der Waals surface area contributed by atoms with Crippen molar-refractivity contribution in [3.8, 4) is 50.2 Å². The van der Waals surface area contributed by atoms with E-state index in [9.17, 15) is 0 Å². The van der Waals surface area contributed by atoms with Gasteiger partial charge < -0.3 is 9.47 Å². The van der Waals surface area contributed by atoms with Crippen LogP contribution in [0.5, 0.6) is 0 Å². The SMILES string of the molecule is CC1(C)c2ccccc2-c2ccc(N(c3ccccc3-c3ccccc3)c3cc(-c4ccc5c(c4)c4ccccc4n5-c4ccccc4)ccc3-c3ccccc3)cc21. The van der Waals surface area contributed by atoms with Crippen LogP contribution in [-0.2, 0) is 5.41 Å². The van der Waals surface area contributed by atoms with E-state index in [2.05, 4.69) is 242 Å². The summed E-state index contributed by atoms with van der Waals surface area (Å²) in [4.78, 5) is 2.51. The molecule has 0 aliphatic heterocycles. The zero-order valence-corrected chi connectivity index (χ0v) is 33.2. The van der Waals surface area contributed by atoms with E-state index >= 15 is 0 Å². The Bertz CT molecular complexity index is 3170. The van der Waals surface area contributed by atoms with Gasteiger partial charge in [0.1, 0.15) is 0 Å². The molecule has 0 fully saturated rings. The number of rotatable bonds is 7. The van der Waals surface area contributed by atoms with Gasteiger partial charge in [-0.25, -0.2) is 0 Å².